The first-order chi connectivity index (χ1) is 9.10. The van der Waals surface area contributed by atoms with Crippen molar-refractivity contribution in [2.24, 2.45) is 0 Å². The summed E-state index contributed by atoms with van der Waals surface area (Å²) in [4.78, 5) is 13.4. The van der Waals surface area contributed by atoms with E-state index in [9.17, 15) is 0 Å². The predicted molar refractivity (Wildman–Crippen MR) is 81.2 cm³/mol. The number of aryl methyl sites for hydroxylation is 2. The smallest absolute Gasteiger partial charge is 0.190 e. The molecule has 2 aromatic rings. The summed E-state index contributed by atoms with van der Waals surface area (Å²) in [6.45, 7) is 4.08. The normalized spacial score (nSPS) is 10.5. The number of nitrogens with zero attached hydrogens (tertiary/aromatic N) is 3. The summed E-state index contributed by atoms with van der Waals surface area (Å²) in [6, 6.07) is 6.07. The summed E-state index contributed by atoms with van der Waals surface area (Å²) in [6.07, 6.45) is 1.97. The van der Waals surface area contributed by atoms with Crippen molar-refractivity contribution in [1.29, 1.82) is 0 Å². The molecule has 0 fully saturated rings. The molecule has 0 aliphatic carbocycles. The van der Waals surface area contributed by atoms with Gasteiger partial charge in [0.05, 0.1) is 0 Å². The standard InChI is InChI=1S/C13H16N4S2/c1-8-5-9(2)15-11(6-8)19-12-7-10(14-3)16-13(17-12)18-4/h5-7H,1-4H3,(H,14,16,17). The van der Waals surface area contributed by atoms with Crippen LogP contribution in [0.1, 0.15) is 11.3 Å². The molecule has 0 aliphatic heterocycles. The fourth-order valence-electron chi connectivity index (χ4n) is 1.64. The lowest BCUT2D eigenvalue weighted by atomic mass is 10.3. The van der Waals surface area contributed by atoms with E-state index >= 15 is 0 Å². The molecule has 0 aromatic carbocycles. The molecule has 0 atom stereocenters. The van der Waals surface area contributed by atoms with E-state index in [-0.39, 0.29) is 0 Å². The number of hydrogen-bond donors (Lipinski definition) is 1. The van der Waals surface area contributed by atoms with Crippen LogP contribution < -0.4 is 5.32 Å². The summed E-state index contributed by atoms with van der Waals surface area (Å²) < 4.78 is 0. The Morgan fingerprint density at radius 2 is 1.74 bits per heavy atom. The zero-order valence-corrected chi connectivity index (χ0v) is 13.0. The van der Waals surface area contributed by atoms with Crippen LogP contribution in [0.4, 0.5) is 5.82 Å². The Morgan fingerprint density at radius 1 is 1.00 bits per heavy atom. The number of hydrogen-bond acceptors (Lipinski definition) is 6. The Bertz CT molecular complexity index is 544. The SMILES string of the molecule is CNc1cc(Sc2cc(C)cc(C)n2)nc(SC)n1. The number of aromatic nitrogens is 3. The summed E-state index contributed by atoms with van der Waals surface area (Å²) in [7, 11) is 1.86. The van der Waals surface area contributed by atoms with Crippen LogP contribution in [0.15, 0.2) is 33.4 Å². The molecule has 4 nitrogen and oxygen atoms in total. The Balaban J connectivity index is 2.31. The minimum absolute atomic E-state index is 0.763. The molecule has 0 radical (unpaired) electrons. The van der Waals surface area contributed by atoms with Gasteiger partial charge in [-0.3, -0.25) is 0 Å². The largest absolute Gasteiger partial charge is 0.373 e. The molecule has 2 rings (SSSR count). The topological polar surface area (TPSA) is 50.7 Å². The van der Waals surface area contributed by atoms with Gasteiger partial charge < -0.3 is 5.32 Å². The molecule has 0 saturated heterocycles. The molecule has 6 heteroatoms. The highest BCUT2D eigenvalue weighted by Crippen LogP contribution is 2.28. The average molecular weight is 292 g/mol. The molecule has 0 unspecified atom stereocenters. The maximum Gasteiger partial charge on any atom is 0.190 e. The molecule has 19 heavy (non-hydrogen) atoms. The van der Waals surface area contributed by atoms with Gasteiger partial charge in [-0.15, -0.1) is 0 Å². The number of anilines is 1. The molecular weight excluding hydrogens is 276 g/mol. The number of thioether (sulfide) groups is 1. The first-order valence-electron chi connectivity index (χ1n) is 5.84. The Morgan fingerprint density at radius 3 is 2.37 bits per heavy atom. The monoisotopic (exact) mass is 292 g/mol. The van der Waals surface area contributed by atoms with Crippen LogP contribution in [0.25, 0.3) is 0 Å². The molecule has 2 aromatic heterocycles. The van der Waals surface area contributed by atoms with Crippen molar-refractivity contribution < 1.29 is 0 Å². The zero-order chi connectivity index (χ0) is 13.8. The summed E-state index contributed by atoms with van der Waals surface area (Å²) in [5, 5.41) is 5.68. The first kappa shape index (κ1) is 14.1. The van der Waals surface area contributed by atoms with Crippen molar-refractivity contribution in [2.45, 2.75) is 29.1 Å². The molecule has 1 N–H and O–H groups in total. The maximum atomic E-state index is 4.52. The maximum absolute atomic E-state index is 4.52. The van der Waals surface area contributed by atoms with Crippen LogP contribution in [0.5, 0.6) is 0 Å². The number of rotatable bonds is 4. The fourth-order valence-corrected chi connectivity index (χ4v) is 3.03. The predicted octanol–water partition coefficient (Wildman–Crippen LogP) is 3.40. The van der Waals surface area contributed by atoms with Crippen molar-refractivity contribution in [3.8, 4) is 0 Å². The highest BCUT2D eigenvalue weighted by atomic mass is 32.2. The van der Waals surface area contributed by atoms with Crippen molar-refractivity contribution >= 4 is 29.3 Å². The van der Waals surface area contributed by atoms with Gasteiger partial charge in [-0.1, -0.05) is 11.8 Å². The average Bonchev–Trinajstić information content (AvgIpc) is 2.37. The molecule has 100 valence electrons. The van der Waals surface area contributed by atoms with Crippen molar-refractivity contribution in [1.82, 2.24) is 15.0 Å². The molecule has 0 amide bonds. The highest BCUT2D eigenvalue weighted by Gasteiger charge is 2.06. The third-order valence-electron chi connectivity index (χ3n) is 2.40. The van der Waals surface area contributed by atoms with Gasteiger partial charge in [0, 0.05) is 18.8 Å². The second-order valence-corrected chi connectivity index (χ2v) is 5.87. The van der Waals surface area contributed by atoms with Gasteiger partial charge in [0.1, 0.15) is 15.9 Å². The summed E-state index contributed by atoms with van der Waals surface area (Å²) >= 11 is 3.09. The van der Waals surface area contributed by atoms with E-state index in [2.05, 4.69) is 39.3 Å². The number of pyridine rings is 1. The van der Waals surface area contributed by atoms with E-state index in [4.69, 9.17) is 0 Å². The lowest BCUT2D eigenvalue weighted by molar-refractivity contribution is 0.894. The fraction of sp³-hybridized carbons (Fsp3) is 0.308. The van der Waals surface area contributed by atoms with E-state index in [1.807, 2.05) is 26.3 Å². The van der Waals surface area contributed by atoms with Crippen LogP contribution >= 0.6 is 23.5 Å². The Labute approximate surface area is 121 Å². The van der Waals surface area contributed by atoms with Crippen molar-refractivity contribution in [3.05, 3.63) is 29.5 Å². The van der Waals surface area contributed by atoms with E-state index in [0.717, 1.165) is 26.7 Å². The molecule has 0 bridgehead atoms. The van der Waals surface area contributed by atoms with Gasteiger partial charge in [0.25, 0.3) is 0 Å². The Kier molecular flexibility index (Phi) is 4.66. The first-order valence-corrected chi connectivity index (χ1v) is 7.89. The highest BCUT2D eigenvalue weighted by molar-refractivity contribution is 7.99. The van der Waals surface area contributed by atoms with Gasteiger partial charge in [-0.2, -0.15) is 0 Å². The number of nitrogens with one attached hydrogen (secondary N) is 1. The molecule has 2 heterocycles. The van der Waals surface area contributed by atoms with E-state index < -0.39 is 0 Å². The summed E-state index contributed by atoms with van der Waals surface area (Å²) in [5.41, 5.74) is 2.23. The van der Waals surface area contributed by atoms with Crippen LogP contribution in [0.2, 0.25) is 0 Å². The van der Waals surface area contributed by atoms with E-state index in [1.54, 1.807) is 11.8 Å². The van der Waals surface area contributed by atoms with E-state index in [1.165, 1.54) is 17.3 Å². The van der Waals surface area contributed by atoms with Crippen LogP contribution in [0.3, 0.4) is 0 Å². The van der Waals surface area contributed by atoms with Gasteiger partial charge in [0.2, 0.25) is 0 Å². The lowest BCUT2D eigenvalue weighted by Gasteiger charge is -2.06. The van der Waals surface area contributed by atoms with Gasteiger partial charge >= 0.3 is 0 Å². The van der Waals surface area contributed by atoms with Crippen LogP contribution in [0, 0.1) is 13.8 Å². The minimum atomic E-state index is 0.763. The molecule has 0 spiro atoms. The molecular formula is C13H16N4S2. The van der Waals surface area contributed by atoms with Crippen molar-refractivity contribution in [2.75, 3.05) is 18.6 Å². The molecule has 0 aliphatic rings. The minimum Gasteiger partial charge on any atom is -0.373 e. The van der Waals surface area contributed by atoms with Gasteiger partial charge in [-0.25, -0.2) is 15.0 Å². The van der Waals surface area contributed by atoms with Crippen LogP contribution in [-0.4, -0.2) is 28.3 Å². The lowest BCUT2D eigenvalue weighted by Crippen LogP contribution is -1.97. The second-order valence-electron chi connectivity index (χ2n) is 4.05. The quantitative estimate of drug-likeness (QED) is 0.529. The van der Waals surface area contributed by atoms with E-state index in [0.29, 0.717) is 0 Å². The van der Waals surface area contributed by atoms with Gasteiger partial charge in [0.15, 0.2) is 5.16 Å². The third kappa shape index (κ3) is 3.84. The molecule has 0 saturated carbocycles. The second kappa shape index (κ2) is 6.25. The zero-order valence-electron chi connectivity index (χ0n) is 11.4. The Hall–Kier alpha value is -1.27. The van der Waals surface area contributed by atoms with Gasteiger partial charge in [-0.05, 0) is 49.6 Å². The van der Waals surface area contributed by atoms with Crippen LogP contribution in [-0.2, 0) is 0 Å². The summed E-state index contributed by atoms with van der Waals surface area (Å²) in [5.74, 6) is 0.825. The third-order valence-corrected chi connectivity index (χ3v) is 3.79. The van der Waals surface area contributed by atoms with Crippen molar-refractivity contribution in [3.63, 3.8) is 0 Å².